The van der Waals surface area contributed by atoms with Crippen molar-refractivity contribution >= 4 is 11.0 Å². The van der Waals surface area contributed by atoms with E-state index in [9.17, 15) is 6.48 Å². The third kappa shape index (κ3) is 9.79. The largest absolute Gasteiger partial charge is 0.507 e. The summed E-state index contributed by atoms with van der Waals surface area (Å²) in [5.41, 5.74) is 14.6. The van der Waals surface area contributed by atoms with Gasteiger partial charge >= 0.3 is 0 Å². The standard InChI is InChI=1S/C64H64N3O.Pt/c1-61(2,3)47-34-45(33-46(35-47)55-36-44(31-32-65-55)41-23-16-13-17-24-41)50-29-22-30-56-57(50)66-60(53-39-49(63(7,8)9)40-54(59(53)68)64(10,11)12)67(56)58-51(42-25-18-14-19-26-42)37-48(62(4,5)6)38-52(58)43-27-20-15-21-28-43;/h13-32,34-40,68H,1-12H3;/q-1;/i31D,36D;. The first kappa shape index (κ1) is 46.4. The Balaban J connectivity index is 0.00000676. The number of phenols is 1. The van der Waals surface area contributed by atoms with Crippen molar-refractivity contribution < 1.29 is 28.9 Å². The van der Waals surface area contributed by atoms with E-state index in [1.165, 1.54) is 5.56 Å². The smallest absolute Gasteiger partial charge is 0.148 e. The summed E-state index contributed by atoms with van der Waals surface area (Å²) in [4.78, 5) is 10.5. The summed E-state index contributed by atoms with van der Waals surface area (Å²) in [7, 11) is 0. The minimum Gasteiger partial charge on any atom is -0.507 e. The molecule has 0 radical (unpaired) electrons. The first-order valence-electron chi connectivity index (χ1n) is 24.8. The van der Waals surface area contributed by atoms with E-state index in [-0.39, 0.29) is 60.6 Å². The molecule has 0 saturated carbocycles. The molecule has 7 aromatic carbocycles. The van der Waals surface area contributed by atoms with Crippen molar-refractivity contribution in [3.63, 3.8) is 0 Å². The van der Waals surface area contributed by atoms with Crippen molar-refractivity contribution in [2.24, 2.45) is 0 Å². The zero-order chi connectivity index (χ0) is 50.1. The summed E-state index contributed by atoms with van der Waals surface area (Å²) in [6.07, 6.45) is 1.55. The summed E-state index contributed by atoms with van der Waals surface area (Å²) in [5, 5.41) is 12.8. The molecule has 0 atom stereocenters. The number of benzene rings is 7. The van der Waals surface area contributed by atoms with Gasteiger partial charge in [0.25, 0.3) is 0 Å². The number of hydrogen-bond acceptors (Lipinski definition) is 3. The Morgan fingerprint density at radius 3 is 1.54 bits per heavy atom. The average Bonchev–Trinajstić information content (AvgIpc) is 3.70. The molecule has 2 aromatic heterocycles. The van der Waals surface area contributed by atoms with Gasteiger partial charge < -0.3 is 5.11 Å². The summed E-state index contributed by atoms with van der Waals surface area (Å²) in [6.45, 7) is 26.5. The van der Waals surface area contributed by atoms with E-state index in [1.54, 1.807) is 6.20 Å². The minimum absolute atomic E-state index is 0. The fraction of sp³-hybridized carbons (Fsp3) is 0.250. The van der Waals surface area contributed by atoms with Gasteiger partial charge in [0.05, 0.1) is 25.0 Å². The Morgan fingerprint density at radius 1 is 0.507 bits per heavy atom. The molecule has 5 heteroatoms. The molecular weight excluding hydrogens is 1020 g/mol. The maximum Gasteiger partial charge on any atom is 0.148 e. The zero-order valence-electron chi connectivity index (χ0n) is 44.0. The molecule has 0 bridgehead atoms. The van der Waals surface area contributed by atoms with Gasteiger partial charge in [-0.25, -0.2) is 4.98 Å². The molecule has 0 aliphatic carbocycles. The van der Waals surface area contributed by atoms with Gasteiger partial charge in [0.1, 0.15) is 11.6 Å². The zero-order valence-corrected chi connectivity index (χ0v) is 44.3. The van der Waals surface area contributed by atoms with Gasteiger partial charge in [-0.2, -0.15) is 0 Å². The van der Waals surface area contributed by atoms with Crippen LogP contribution in [0.3, 0.4) is 0 Å². The number of para-hydroxylation sites is 1. The number of fused-ring (bicyclic) bond motifs is 1. The fourth-order valence-electron chi connectivity index (χ4n) is 9.04. The summed E-state index contributed by atoms with van der Waals surface area (Å²) >= 11 is 0. The van der Waals surface area contributed by atoms with Crippen molar-refractivity contribution in [1.29, 1.82) is 0 Å². The molecule has 0 spiro atoms. The summed E-state index contributed by atoms with van der Waals surface area (Å²) in [6, 6.07) is 54.6. The summed E-state index contributed by atoms with van der Waals surface area (Å²) < 4.78 is 20.7. The first-order valence-corrected chi connectivity index (χ1v) is 23.8. The second kappa shape index (κ2) is 18.5. The summed E-state index contributed by atoms with van der Waals surface area (Å²) in [5.74, 6) is 0.826. The van der Waals surface area contributed by atoms with Crippen molar-refractivity contribution in [2.75, 3.05) is 0 Å². The van der Waals surface area contributed by atoms with E-state index in [0.717, 1.165) is 72.4 Å². The van der Waals surface area contributed by atoms with Crippen molar-refractivity contribution in [1.82, 2.24) is 14.5 Å². The molecular formula is C64H64N3OPt-. The van der Waals surface area contributed by atoms with Crippen molar-refractivity contribution in [2.45, 2.75) is 105 Å². The van der Waals surface area contributed by atoms with Gasteiger partial charge in [-0.15, -0.1) is 29.3 Å². The predicted molar refractivity (Wildman–Crippen MR) is 287 cm³/mol. The number of imidazole rings is 1. The Morgan fingerprint density at radius 2 is 1.00 bits per heavy atom. The van der Waals surface area contributed by atoms with Gasteiger partial charge in [-0.1, -0.05) is 209 Å². The number of aromatic nitrogens is 3. The predicted octanol–water partition coefficient (Wildman–Crippen LogP) is 17.1. The van der Waals surface area contributed by atoms with Crippen molar-refractivity contribution in [3.8, 4) is 78.6 Å². The molecule has 0 amide bonds. The van der Waals surface area contributed by atoms with E-state index < -0.39 is 0 Å². The van der Waals surface area contributed by atoms with Crippen LogP contribution in [0, 0.1) is 6.07 Å². The molecule has 0 unspecified atom stereocenters. The minimum atomic E-state index is -0.386. The monoisotopic (exact) mass is 1090 g/mol. The van der Waals surface area contributed by atoms with Gasteiger partial charge in [0.15, 0.2) is 0 Å². The molecule has 0 aliphatic rings. The normalized spacial score (nSPS) is 12.7. The maximum atomic E-state index is 12.8. The van der Waals surface area contributed by atoms with Gasteiger partial charge in [-0.05, 0) is 85.3 Å². The number of hydrogen-bond donors (Lipinski definition) is 1. The molecule has 1 N–H and O–H groups in total. The third-order valence-corrected chi connectivity index (χ3v) is 13.1. The van der Waals surface area contributed by atoms with E-state index in [0.29, 0.717) is 28.2 Å². The van der Waals surface area contributed by atoms with Crippen LogP contribution in [0.5, 0.6) is 5.75 Å². The van der Waals surface area contributed by atoms with E-state index in [4.69, 9.17) is 11.3 Å². The fourth-order valence-corrected chi connectivity index (χ4v) is 9.04. The second-order valence-corrected chi connectivity index (χ2v) is 22.3. The second-order valence-electron chi connectivity index (χ2n) is 22.3. The molecule has 0 aliphatic heterocycles. The van der Waals surface area contributed by atoms with Crippen LogP contribution in [-0.4, -0.2) is 19.6 Å². The molecule has 0 saturated heterocycles. The molecule has 9 rings (SSSR count). The van der Waals surface area contributed by atoms with Gasteiger partial charge in [0, 0.05) is 49.6 Å². The maximum absolute atomic E-state index is 12.8. The van der Waals surface area contributed by atoms with E-state index >= 15 is 0 Å². The van der Waals surface area contributed by atoms with Crippen LogP contribution in [0.25, 0.3) is 83.9 Å². The van der Waals surface area contributed by atoms with Crippen LogP contribution in [0.15, 0.2) is 164 Å². The Labute approximate surface area is 427 Å². The van der Waals surface area contributed by atoms with Crippen molar-refractivity contribution in [3.05, 3.63) is 192 Å². The van der Waals surface area contributed by atoms with Crippen LogP contribution < -0.4 is 0 Å². The number of rotatable bonds is 7. The van der Waals surface area contributed by atoms with Crippen LogP contribution in [0.4, 0.5) is 0 Å². The Bertz CT molecular complexity index is 3360. The average molecular weight is 1090 g/mol. The number of aromatic hydroxyl groups is 1. The van der Waals surface area contributed by atoms with Crippen LogP contribution in [-0.2, 0) is 42.7 Å². The van der Waals surface area contributed by atoms with Crippen LogP contribution in [0.1, 0.15) is 108 Å². The number of phenolic OH excluding ortho intramolecular Hbond substituents is 1. The molecule has 9 aromatic rings. The third-order valence-electron chi connectivity index (χ3n) is 13.1. The molecule has 2 heterocycles. The quantitative estimate of drug-likeness (QED) is 0.162. The molecule has 0 fully saturated rings. The molecule has 352 valence electrons. The molecule has 69 heavy (non-hydrogen) atoms. The van der Waals surface area contributed by atoms with Crippen LogP contribution in [0.2, 0.25) is 0 Å². The van der Waals surface area contributed by atoms with E-state index in [1.807, 2.05) is 30.3 Å². The Kier molecular flexibility index (Phi) is 12.4. The van der Waals surface area contributed by atoms with E-state index in [2.05, 4.69) is 209 Å². The molecule has 4 nitrogen and oxygen atoms in total. The Hall–Kier alpha value is -6.35. The topological polar surface area (TPSA) is 50.9 Å². The van der Waals surface area contributed by atoms with Gasteiger partial charge in [-0.3, -0.25) is 9.55 Å². The SMILES string of the molecule is [2H]c1cnc(-c2[c-]c(-c3cccc4c3nc(-c3cc(C(C)(C)C)cc(C(C)(C)C)c3O)n4-c3c(-c4ccccc4)cc(C(C)(C)C)cc3-c3ccccc3)cc(C(C)(C)C)c2)c([2H])c1-c1ccccc1.[Pt]. The number of nitrogens with zero attached hydrogens (tertiary/aromatic N) is 3. The van der Waals surface area contributed by atoms with Crippen LogP contribution >= 0.6 is 0 Å². The number of pyridine rings is 1. The first-order chi connectivity index (χ1) is 33.0. The van der Waals surface area contributed by atoms with Gasteiger partial charge in [0.2, 0.25) is 0 Å².